The number of hydrogen-bond acceptors (Lipinski definition) is 2. The summed E-state index contributed by atoms with van der Waals surface area (Å²) in [6.07, 6.45) is 0. The van der Waals surface area contributed by atoms with Crippen LogP contribution in [-0.2, 0) is 6.54 Å². The van der Waals surface area contributed by atoms with E-state index in [0.29, 0.717) is 23.6 Å². The number of nitrogens with two attached hydrogens (primary N) is 1. The van der Waals surface area contributed by atoms with Crippen LogP contribution in [0.1, 0.15) is 40.0 Å². The number of primary amides is 1. The largest absolute Gasteiger partial charge is 0.366 e. The van der Waals surface area contributed by atoms with E-state index in [2.05, 4.69) is 15.6 Å². The highest BCUT2D eigenvalue weighted by atomic mass is 127. The molecule has 0 aliphatic carbocycles. The van der Waals surface area contributed by atoms with Crippen molar-refractivity contribution >= 4 is 35.8 Å². The molecule has 140 valence electrons. The number of aliphatic imine (C=N–C) groups is 1. The number of hydrogen-bond donors (Lipinski definition) is 3. The summed E-state index contributed by atoms with van der Waals surface area (Å²) >= 11 is 0. The van der Waals surface area contributed by atoms with Crippen molar-refractivity contribution < 1.29 is 9.18 Å². The first kappa shape index (κ1) is 21.9. The van der Waals surface area contributed by atoms with Crippen LogP contribution in [0.5, 0.6) is 0 Å². The van der Waals surface area contributed by atoms with Crippen molar-refractivity contribution in [3.8, 4) is 0 Å². The van der Waals surface area contributed by atoms with Gasteiger partial charge in [0.25, 0.3) is 0 Å². The molecule has 26 heavy (non-hydrogen) atoms. The maximum absolute atomic E-state index is 13.7. The minimum Gasteiger partial charge on any atom is -0.366 e. The van der Waals surface area contributed by atoms with Gasteiger partial charge in [-0.3, -0.25) is 9.79 Å². The van der Waals surface area contributed by atoms with Crippen molar-refractivity contribution in [3.05, 3.63) is 70.5 Å². The third kappa shape index (κ3) is 5.98. The van der Waals surface area contributed by atoms with E-state index in [0.717, 1.165) is 11.1 Å². The molecule has 1 atom stereocenters. The van der Waals surface area contributed by atoms with Crippen LogP contribution in [0.2, 0.25) is 0 Å². The van der Waals surface area contributed by atoms with E-state index in [1.54, 1.807) is 38.2 Å². The Bertz CT molecular complexity index is 795. The molecule has 0 fully saturated rings. The Morgan fingerprint density at radius 2 is 2.00 bits per heavy atom. The lowest BCUT2D eigenvalue weighted by molar-refractivity contribution is 0.1000. The van der Waals surface area contributed by atoms with Gasteiger partial charge in [0.05, 0.1) is 6.04 Å². The SMILES string of the molecule is CN=C(NCc1cccc(C(N)=O)c1)NC(C)c1ccc(C)c(F)c1.I. The number of carbonyl (C=O) groups excluding carboxylic acids is 1. The summed E-state index contributed by atoms with van der Waals surface area (Å²) in [5.74, 6) is -0.102. The van der Waals surface area contributed by atoms with Crippen LogP contribution in [0.3, 0.4) is 0 Å². The molecule has 2 aromatic rings. The van der Waals surface area contributed by atoms with Gasteiger partial charge in [-0.1, -0.05) is 24.3 Å². The Kier molecular flexibility index (Phi) is 8.50. The lowest BCUT2D eigenvalue weighted by Gasteiger charge is -2.19. The van der Waals surface area contributed by atoms with E-state index in [4.69, 9.17) is 5.73 Å². The number of guanidine groups is 1. The molecule has 0 spiro atoms. The van der Waals surface area contributed by atoms with Crippen LogP contribution < -0.4 is 16.4 Å². The van der Waals surface area contributed by atoms with Crippen LogP contribution in [0.15, 0.2) is 47.5 Å². The average molecular weight is 470 g/mol. The first-order valence-electron chi connectivity index (χ1n) is 8.02. The molecule has 1 amide bonds. The predicted molar refractivity (Wildman–Crippen MR) is 113 cm³/mol. The monoisotopic (exact) mass is 470 g/mol. The number of amides is 1. The summed E-state index contributed by atoms with van der Waals surface area (Å²) in [7, 11) is 1.66. The van der Waals surface area contributed by atoms with Crippen LogP contribution in [0.25, 0.3) is 0 Å². The second kappa shape index (κ2) is 10.1. The van der Waals surface area contributed by atoms with Crippen molar-refractivity contribution in [2.75, 3.05) is 7.05 Å². The molecule has 2 aromatic carbocycles. The second-order valence-electron chi connectivity index (χ2n) is 5.87. The van der Waals surface area contributed by atoms with E-state index in [1.165, 1.54) is 6.07 Å². The molecule has 7 heteroatoms. The van der Waals surface area contributed by atoms with Crippen molar-refractivity contribution in [1.29, 1.82) is 0 Å². The normalized spacial score (nSPS) is 12.1. The van der Waals surface area contributed by atoms with Crippen LogP contribution >= 0.6 is 24.0 Å². The zero-order valence-electron chi connectivity index (χ0n) is 15.0. The highest BCUT2D eigenvalue weighted by molar-refractivity contribution is 14.0. The molecular formula is C19H24FIN4O. The molecule has 0 aromatic heterocycles. The molecular weight excluding hydrogens is 446 g/mol. The number of nitrogens with zero attached hydrogens (tertiary/aromatic N) is 1. The maximum Gasteiger partial charge on any atom is 0.248 e. The Labute approximate surface area is 170 Å². The third-order valence-electron chi connectivity index (χ3n) is 3.94. The van der Waals surface area contributed by atoms with E-state index in [-0.39, 0.29) is 35.8 Å². The Morgan fingerprint density at radius 1 is 1.27 bits per heavy atom. The molecule has 0 heterocycles. The van der Waals surface area contributed by atoms with Crippen LogP contribution in [0.4, 0.5) is 4.39 Å². The quantitative estimate of drug-likeness (QED) is 0.357. The zero-order chi connectivity index (χ0) is 18.4. The van der Waals surface area contributed by atoms with Crippen molar-refractivity contribution in [2.45, 2.75) is 26.4 Å². The standard InChI is InChI=1S/C19H23FN4O.HI/c1-12-7-8-15(10-17(12)20)13(2)24-19(22-3)23-11-14-5-4-6-16(9-14)18(21)25;/h4-10,13H,11H2,1-3H3,(H2,21,25)(H2,22,23,24);1H. The fourth-order valence-corrected chi connectivity index (χ4v) is 2.38. The number of benzene rings is 2. The maximum atomic E-state index is 13.7. The summed E-state index contributed by atoms with van der Waals surface area (Å²) in [5, 5.41) is 6.39. The molecule has 0 radical (unpaired) electrons. The van der Waals surface area contributed by atoms with Crippen molar-refractivity contribution in [2.24, 2.45) is 10.7 Å². The van der Waals surface area contributed by atoms with Gasteiger partial charge in [0, 0.05) is 19.2 Å². The molecule has 1 unspecified atom stereocenters. The topological polar surface area (TPSA) is 79.5 Å². The highest BCUT2D eigenvalue weighted by Crippen LogP contribution is 2.16. The fraction of sp³-hybridized carbons (Fsp3) is 0.263. The van der Waals surface area contributed by atoms with Crippen LogP contribution in [-0.4, -0.2) is 18.9 Å². The smallest absolute Gasteiger partial charge is 0.248 e. The minimum absolute atomic E-state index is 0. The molecule has 0 aliphatic rings. The average Bonchev–Trinajstić information content (AvgIpc) is 2.60. The Balaban J connectivity index is 0.00000338. The van der Waals surface area contributed by atoms with Gasteiger partial charge in [0.15, 0.2) is 5.96 Å². The van der Waals surface area contributed by atoms with Gasteiger partial charge in [-0.05, 0) is 48.7 Å². The predicted octanol–water partition coefficient (Wildman–Crippen LogP) is 3.28. The lowest BCUT2D eigenvalue weighted by Crippen LogP contribution is -2.38. The van der Waals surface area contributed by atoms with E-state index in [1.807, 2.05) is 19.1 Å². The number of aryl methyl sites for hydroxylation is 1. The molecule has 0 saturated carbocycles. The van der Waals surface area contributed by atoms with Gasteiger partial charge in [-0.2, -0.15) is 0 Å². The number of nitrogens with one attached hydrogen (secondary N) is 2. The number of rotatable bonds is 5. The summed E-state index contributed by atoms with van der Waals surface area (Å²) in [6.45, 7) is 4.15. The van der Waals surface area contributed by atoms with Crippen molar-refractivity contribution in [1.82, 2.24) is 10.6 Å². The second-order valence-corrected chi connectivity index (χ2v) is 5.87. The summed E-state index contributed by atoms with van der Waals surface area (Å²) < 4.78 is 13.7. The Morgan fingerprint density at radius 3 is 2.62 bits per heavy atom. The van der Waals surface area contributed by atoms with E-state index < -0.39 is 5.91 Å². The highest BCUT2D eigenvalue weighted by Gasteiger charge is 2.10. The molecule has 0 saturated heterocycles. The Hall–Kier alpha value is -2.16. The lowest BCUT2D eigenvalue weighted by atomic mass is 10.1. The van der Waals surface area contributed by atoms with Gasteiger partial charge in [0.1, 0.15) is 5.82 Å². The fourth-order valence-electron chi connectivity index (χ4n) is 2.38. The first-order valence-corrected chi connectivity index (χ1v) is 8.02. The summed E-state index contributed by atoms with van der Waals surface area (Å²) in [6, 6.07) is 12.1. The van der Waals surface area contributed by atoms with E-state index >= 15 is 0 Å². The number of halogens is 2. The summed E-state index contributed by atoms with van der Waals surface area (Å²) in [5.41, 5.74) is 8.12. The van der Waals surface area contributed by atoms with Gasteiger partial charge in [-0.15, -0.1) is 24.0 Å². The minimum atomic E-state index is -0.459. The van der Waals surface area contributed by atoms with E-state index in [9.17, 15) is 9.18 Å². The molecule has 2 rings (SSSR count). The number of carbonyl (C=O) groups is 1. The van der Waals surface area contributed by atoms with Gasteiger partial charge < -0.3 is 16.4 Å². The van der Waals surface area contributed by atoms with Gasteiger partial charge in [0.2, 0.25) is 5.91 Å². The van der Waals surface area contributed by atoms with Gasteiger partial charge >= 0.3 is 0 Å². The molecule has 0 aliphatic heterocycles. The summed E-state index contributed by atoms with van der Waals surface area (Å²) in [4.78, 5) is 15.4. The van der Waals surface area contributed by atoms with Gasteiger partial charge in [-0.25, -0.2) is 4.39 Å². The first-order chi connectivity index (χ1) is 11.9. The van der Waals surface area contributed by atoms with Crippen molar-refractivity contribution in [3.63, 3.8) is 0 Å². The van der Waals surface area contributed by atoms with Crippen LogP contribution in [0, 0.1) is 12.7 Å². The molecule has 0 bridgehead atoms. The zero-order valence-corrected chi connectivity index (χ0v) is 17.4. The third-order valence-corrected chi connectivity index (χ3v) is 3.94. The molecule has 5 nitrogen and oxygen atoms in total. The molecule has 4 N–H and O–H groups in total.